The maximum Gasteiger partial charge on any atom is 0.102 e. The third-order valence-corrected chi connectivity index (χ3v) is 1.89. The van der Waals surface area contributed by atoms with Crippen molar-refractivity contribution in [3.63, 3.8) is 0 Å². The monoisotopic (exact) mass is 130 g/mol. The van der Waals surface area contributed by atoms with Crippen LogP contribution in [-0.2, 0) is 4.74 Å². The van der Waals surface area contributed by atoms with Crippen LogP contribution in [0.2, 0.25) is 0 Å². The smallest absolute Gasteiger partial charge is 0.102 e. The molecule has 0 bridgehead atoms. The van der Waals surface area contributed by atoms with Gasteiger partial charge in [-0.2, -0.15) is 0 Å². The van der Waals surface area contributed by atoms with E-state index < -0.39 is 0 Å². The Morgan fingerprint density at radius 3 is 2.67 bits per heavy atom. The van der Waals surface area contributed by atoms with E-state index in [9.17, 15) is 0 Å². The van der Waals surface area contributed by atoms with Gasteiger partial charge in [-0.05, 0) is 0 Å². The summed E-state index contributed by atoms with van der Waals surface area (Å²) in [5.74, 6) is 0. The number of nitrogens with zero attached hydrogens (tertiary/aromatic N) is 1. The quantitative estimate of drug-likeness (QED) is 0.433. The molecule has 2 heteroatoms. The van der Waals surface area contributed by atoms with Crippen molar-refractivity contribution in [3.05, 3.63) is 0 Å². The number of ether oxygens (including phenoxy) is 1. The molecule has 1 heterocycles. The van der Waals surface area contributed by atoms with Crippen molar-refractivity contribution < 1.29 is 9.22 Å². The van der Waals surface area contributed by atoms with Gasteiger partial charge in [-0.15, -0.1) is 0 Å². The third kappa shape index (κ3) is 2.33. The fourth-order valence-electron chi connectivity index (χ4n) is 1.12. The van der Waals surface area contributed by atoms with Crippen LogP contribution in [0.15, 0.2) is 0 Å². The van der Waals surface area contributed by atoms with Gasteiger partial charge in [-0.1, -0.05) is 0 Å². The molecule has 2 nitrogen and oxygen atoms in total. The number of rotatable bonds is 0. The highest BCUT2D eigenvalue weighted by molar-refractivity contribution is 4.42. The second-order valence-corrected chi connectivity index (χ2v) is 3.35. The Morgan fingerprint density at radius 1 is 1.11 bits per heavy atom. The average Bonchev–Trinajstić information content (AvgIpc) is 1.92. The van der Waals surface area contributed by atoms with E-state index in [2.05, 4.69) is 14.1 Å². The molecule has 1 fully saturated rings. The van der Waals surface area contributed by atoms with Crippen LogP contribution in [0.1, 0.15) is 6.42 Å². The molecular formula is C7H16NO+. The molecule has 0 radical (unpaired) electrons. The minimum atomic E-state index is 0.938. The molecule has 9 heavy (non-hydrogen) atoms. The predicted octanol–water partition coefficient (Wildman–Crippen LogP) is 0.483. The van der Waals surface area contributed by atoms with Crippen LogP contribution < -0.4 is 0 Å². The lowest BCUT2D eigenvalue weighted by atomic mass is 10.4. The Balaban J connectivity index is 2.36. The predicted molar refractivity (Wildman–Crippen MR) is 37.3 cm³/mol. The lowest BCUT2D eigenvalue weighted by Gasteiger charge is -2.26. The van der Waals surface area contributed by atoms with E-state index in [-0.39, 0.29) is 0 Å². The molecule has 1 aliphatic heterocycles. The molecule has 0 saturated carbocycles. The lowest BCUT2D eigenvalue weighted by Crippen LogP contribution is -2.41. The summed E-state index contributed by atoms with van der Waals surface area (Å²) in [6.07, 6.45) is 1.22. The lowest BCUT2D eigenvalue weighted by molar-refractivity contribution is -0.888. The zero-order chi connectivity index (χ0) is 6.74. The third-order valence-electron chi connectivity index (χ3n) is 1.89. The van der Waals surface area contributed by atoms with Crippen molar-refractivity contribution in [2.24, 2.45) is 0 Å². The van der Waals surface area contributed by atoms with E-state index in [4.69, 9.17) is 4.74 Å². The van der Waals surface area contributed by atoms with Gasteiger partial charge in [-0.3, -0.25) is 0 Å². The second-order valence-electron chi connectivity index (χ2n) is 3.35. The highest BCUT2D eigenvalue weighted by Crippen LogP contribution is 2.03. The molecular weight excluding hydrogens is 114 g/mol. The van der Waals surface area contributed by atoms with E-state index in [0.29, 0.717) is 0 Å². The summed E-state index contributed by atoms with van der Waals surface area (Å²) in [7, 11) is 4.52. The normalized spacial score (nSPS) is 27.3. The fraction of sp³-hybridized carbons (Fsp3) is 1.00. The standard InChI is InChI=1S/C7H16NO/c1-8(2)4-3-6-9-7-5-8/h3-7H2,1-2H3/q+1. The summed E-state index contributed by atoms with van der Waals surface area (Å²) in [5.41, 5.74) is 0. The zero-order valence-corrected chi connectivity index (χ0v) is 6.39. The molecule has 0 amide bonds. The first kappa shape index (κ1) is 7.03. The second kappa shape index (κ2) is 2.67. The highest BCUT2D eigenvalue weighted by atomic mass is 16.5. The number of quaternary nitrogens is 1. The molecule has 0 aromatic heterocycles. The van der Waals surface area contributed by atoms with Gasteiger partial charge in [-0.25, -0.2) is 0 Å². The minimum absolute atomic E-state index is 0.938. The summed E-state index contributed by atoms with van der Waals surface area (Å²) in [5, 5.41) is 0. The minimum Gasteiger partial charge on any atom is -0.375 e. The summed E-state index contributed by atoms with van der Waals surface area (Å²) in [4.78, 5) is 0. The van der Waals surface area contributed by atoms with Gasteiger partial charge in [0.25, 0.3) is 0 Å². The Bertz CT molecular complexity index is 80.9. The van der Waals surface area contributed by atoms with E-state index in [1.165, 1.54) is 19.5 Å². The van der Waals surface area contributed by atoms with Crippen LogP contribution in [0.4, 0.5) is 0 Å². The van der Waals surface area contributed by atoms with Gasteiger partial charge in [0, 0.05) is 6.42 Å². The van der Waals surface area contributed by atoms with E-state index >= 15 is 0 Å². The van der Waals surface area contributed by atoms with Crippen molar-refractivity contribution in [2.45, 2.75) is 6.42 Å². The Hall–Kier alpha value is -0.0800. The van der Waals surface area contributed by atoms with Crippen LogP contribution >= 0.6 is 0 Å². The topological polar surface area (TPSA) is 9.23 Å². The van der Waals surface area contributed by atoms with Crippen molar-refractivity contribution in [1.29, 1.82) is 0 Å². The molecule has 1 saturated heterocycles. The van der Waals surface area contributed by atoms with Gasteiger partial charge in [0.15, 0.2) is 0 Å². The van der Waals surface area contributed by atoms with Gasteiger partial charge in [0.2, 0.25) is 0 Å². The first-order valence-corrected chi connectivity index (χ1v) is 3.60. The van der Waals surface area contributed by atoms with E-state index in [1.54, 1.807) is 0 Å². The highest BCUT2D eigenvalue weighted by Gasteiger charge is 2.16. The van der Waals surface area contributed by atoms with E-state index in [1.807, 2.05) is 0 Å². The summed E-state index contributed by atoms with van der Waals surface area (Å²) in [6, 6.07) is 0. The molecule has 0 unspecified atom stereocenters. The van der Waals surface area contributed by atoms with Crippen molar-refractivity contribution in [3.8, 4) is 0 Å². The average molecular weight is 130 g/mol. The molecule has 0 aliphatic carbocycles. The number of likely N-dealkylation sites (N-methyl/N-ethyl adjacent to an activating group) is 1. The molecule has 0 N–H and O–H groups in total. The largest absolute Gasteiger partial charge is 0.375 e. The molecule has 0 spiro atoms. The Morgan fingerprint density at radius 2 is 1.89 bits per heavy atom. The van der Waals surface area contributed by atoms with E-state index in [0.717, 1.165) is 17.7 Å². The maximum atomic E-state index is 5.31. The van der Waals surface area contributed by atoms with Crippen LogP contribution in [0, 0.1) is 0 Å². The molecule has 0 atom stereocenters. The Labute approximate surface area is 57.0 Å². The zero-order valence-electron chi connectivity index (χ0n) is 6.39. The molecule has 0 aromatic carbocycles. The fourth-order valence-corrected chi connectivity index (χ4v) is 1.12. The SMILES string of the molecule is C[N+]1(C)CCCOCC1. The van der Waals surface area contributed by atoms with Crippen LogP contribution in [0.25, 0.3) is 0 Å². The van der Waals surface area contributed by atoms with Crippen LogP contribution in [0.5, 0.6) is 0 Å². The molecule has 54 valence electrons. The number of hydrogen-bond donors (Lipinski definition) is 0. The summed E-state index contributed by atoms with van der Waals surface area (Å²) < 4.78 is 6.44. The van der Waals surface area contributed by atoms with Crippen LogP contribution in [-0.4, -0.2) is 44.9 Å². The van der Waals surface area contributed by atoms with Gasteiger partial charge >= 0.3 is 0 Å². The van der Waals surface area contributed by atoms with Crippen molar-refractivity contribution in [1.82, 2.24) is 0 Å². The first-order valence-electron chi connectivity index (χ1n) is 3.60. The van der Waals surface area contributed by atoms with Gasteiger partial charge < -0.3 is 9.22 Å². The maximum absolute atomic E-state index is 5.31. The number of hydrogen-bond acceptors (Lipinski definition) is 1. The molecule has 0 aromatic rings. The summed E-state index contributed by atoms with van der Waals surface area (Å²) in [6.45, 7) is 4.33. The Kier molecular flexibility index (Phi) is 2.09. The first-order chi connectivity index (χ1) is 4.21. The van der Waals surface area contributed by atoms with Gasteiger partial charge in [0.05, 0.1) is 33.9 Å². The van der Waals surface area contributed by atoms with Crippen molar-refractivity contribution in [2.75, 3.05) is 40.4 Å². The van der Waals surface area contributed by atoms with Crippen molar-refractivity contribution >= 4 is 0 Å². The van der Waals surface area contributed by atoms with Crippen LogP contribution in [0.3, 0.4) is 0 Å². The summed E-state index contributed by atoms with van der Waals surface area (Å²) >= 11 is 0. The molecule has 1 rings (SSSR count). The molecule has 1 aliphatic rings. The van der Waals surface area contributed by atoms with Gasteiger partial charge in [0.1, 0.15) is 6.54 Å².